The van der Waals surface area contributed by atoms with Crippen LogP contribution in [0.25, 0.3) is 106 Å². The molecule has 264 valence electrons. The third-order valence-corrected chi connectivity index (χ3v) is 11.2. The van der Waals surface area contributed by atoms with Crippen molar-refractivity contribution in [3.05, 3.63) is 175 Å². The summed E-state index contributed by atoms with van der Waals surface area (Å²) in [5, 5.41) is 4.28. The van der Waals surface area contributed by atoms with Gasteiger partial charge in [-0.2, -0.15) is 0 Å². The van der Waals surface area contributed by atoms with Crippen LogP contribution in [0.2, 0.25) is 0 Å². The minimum Gasteiger partial charge on any atom is -0.456 e. The Labute approximate surface area is 321 Å². The van der Waals surface area contributed by atoms with Gasteiger partial charge in [0.2, 0.25) is 0 Å². The van der Waals surface area contributed by atoms with Crippen LogP contribution in [0.3, 0.4) is 0 Å². The number of imidazole rings is 2. The molecule has 0 spiro atoms. The number of hydrogen-bond donors (Lipinski definition) is 0. The van der Waals surface area contributed by atoms with Crippen molar-refractivity contribution in [2.75, 3.05) is 0 Å². The molecule has 12 rings (SSSR count). The first-order chi connectivity index (χ1) is 27.7. The lowest BCUT2D eigenvalue weighted by atomic mass is 10.0. The first kappa shape index (κ1) is 31.0. The number of para-hydroxylation sites is 2. The highest BCUT2D eigenvalue weighted by atomic mass is 16.3. The van der Waals surface area contributed by atoms with Crippen LogP contribution in [0.15, 0.2) is 173 Å². The van der Waals surface area contributed by atoms with Gasteiger partial charge in [-0.05, 0) is 103 Å². The standard InChI is InChI=1S/C50H32N4O2/c1-3-11-31(12-4-1)49-51-41-15-7-9-17-43(41)53(49)35-21-25-47-39(29-35)37-27-33(19-23-45(37)55-47)34-20-24-46-38(28-34)40-30-36(22-26-48(40)56-46)54-44-18-10-8-16-42(44)52-50(54)32-13-5-2-6-14-32/h1-9,11-17,19-30H,10,18H2. The molecule has 6 heteroatoms. The molecule has 7 aromatic carbocycles. The van der Waals surface area contributed by atoms with Gasteiger partial charge in [-0.1, -0.05) is 91.0 Å². The minimum absolute atomic E-state index is 0.849. The van der Waals surface area contributed by atoms with E-state index < -0.39 is 0 Å². The number of furan rings is 2. The largest absolute Gasteiger partial charge is 0.456 e. The fourth-order valence-electron chi connectivity index (χ4n) is 8.55. The van der Waals surface area contributed by atoms with Gasteiger partial charge in [-0.25, -0.2) is 9.97 Å². The third kappa shape index (κ3) is 4.76. The Kier molecular flexibility index (Phi) is 6.65. The maximum absolute atomic E-state index is 6.42. The summed E-state index contributed by atoms with van der Waals surface area (Å²) in [5.74, 6) is 1.86. The van der Waals surface area contributed by atoms with E-state index in [2.05, 4.69) is 161 Å². The highest BCUT2D eigenvalue weighted by molar-refractivity contribution is 6.09. The van der Waals surface area contributed by atoms with Crippen molar-refractivity contribution in [2.24, 2.45) is 0 Å². The van der Waals surface area contributed by atoms with Crippen LogP contribution in [0.5, 0.6) is 0 Å². The molecule has 0 N–H and O–H groups in total. The monoisotopic (exact) mass is 720 g/mol. The maximum Gasteiger partial charge on any atom is 0.145 e. The van der Waals surface area contributed by atoms with E-state index in [1.165, 1.54) is 5.69 Å². The van der Waals surface area contributed by atoms with Crippen molar-refractivity contribution in [3.8, 4) is 45.3 Å². The average Bonchev–Trinajstić information content (AvgIpc) is 4.03. The van der Waals surface area contributed by atoms with Crippen molar-refractivity contribution in [1.82, 2.24) is 19.1 Å². The second-order valence-electron chi connectivity index (χ2n) is 14.5. The second kappa shape index (κ2) is 12.0. The maximum atomic E-state index is 6.42. The number of allylic oxidation sites excluding steroid dienone is 1. The first-order valence-corrected chi connectivity index (χ1v) is 19.0. The van der Waals surface area contributed by atoms with Crippen LogP contribution in [0.4, 0.5) is 0 Å². The summed E-state index contributed by atoms with van der Waals surface area (Å²) >= 11 is 0. The number of fused-ring (bicyclic) bond motifs is 8. The molecule has 0 aliphatic heterocycles. The van der Waals surface area contributed by atoms with E-state index in [-0.39, 0.29) is 0 Å². The number of benzene rings is 7. The number of hydrogen-bond acceptors (Lipinski definition) is 4. The molecule has 0 atom stereocenters. The predicted molar refractivity (Wildman–Crippen MR) is 226 cm³/mol. The van der Waals surface area contributed by atoms with Gasteiger partial charge in [0.05, 0.1) is 22.4 Å². The Morgan fingerprint density at radius 2 is 0.964 bits per heavy atom. The molecule has 0 unspecified atom stereocenters. The van der Waals surface area contributed by atoms with Crippen molar-refractivity contribution in [1.29, 1.82) is 0 Å². The van der Waals surface area contributed by atoms with E-state index in [4.69, 9.17) is 18.8 Å². The van der Waals surface area contributed by atoms with Gasteiger partial charge >= 0.3 is 0 Å². The summed E-state index contributed by atoms with van der Waals surface area (Å²) < 4.78 is 17.4. The Hall–Kier alpha value is -7.44. The summed E-state index contributed by atoms with van der Waals surface area (Å²) in [6.45, 7) is 0. The van der Waals surface area contributed by atoms with Crippen LogP contribution in [0.1, 0.15) is 17.8 Å². The zero-order valence-corrected chi connectivity index (χ0v) is 30.2. The van der Waals surface area contributed by atoms with Crippen molar-refractivity contribution < 1.29 is 8.83 Å². The second-order valence-corrected chi connectivity index (χ2v) is 14.5. The molecule has 0 radical (unpaired) electrons. The van der Waals surface area contributed by atoms with Crippen LogP contribution >= 0.6 is 0 Å². The number of aromatic nitrogens is 4. The van der Waals surface area contributed by atoms with Crippen molar-refractivity contribution in [2.45, 2.75) is 12.8 Å². The van der Waals surface area contributed by atoms with Crippen LogP contribution in [0, 0.1) is 0 Å². The van der Waals surface area contributed by atoms with Crippen molar-refractivity contribution in [3.63, 3.8) is 0 Å². The van der Waals surface area contributed by atoms with E-state index in [0.717, 1.165) is 119 Å². The van der Waals surface area contributed by atoms with E-state index in [1.807, 2.05) is 18.2 Å². The Bertz CT molecular complexity index is 3360. The predicted octanol–water partition coefficient (Wildman–Crippen LogP) is 13.0. The third-order valence-electron chi connectivity index (χ3n) is 11.2. The highest BCUT2D eigenvalue weighted by Crippen LogP contribution is 2.39. The zero-order valence-electron chi connectivity index (χ0n) is 30.2. The molecular formula is C50H32N4O2. The molecule has 4 heterocycles. The van der Waals surface area contributed by atoms with Gasteiger partial charge in [-0.3, -0.25) is 9.13 Å². The lowest BCUT2D eigenvalue weighted by Gasteiger charge is -2.14. The Morgan fingerprint density at radius 3 is 1.59 bits per heavy atom. The van der Waals surface area contributed by atoms with Gasteiger partial charge < -0.3 is 8.83 Å². The lowest BCUT2D eigenvalue weighted by molar-refractivity contribution is 0.668. The molecule has 0 fully saturated rings. The van der Waals surface area contributed by atoms with E-state index in [1.54, 1.807) is 0 Å². The van der Waals surface area contributed by atoms with E-state index in [0.29, 0.717) is 0 Å². The smallest absolute Gasteiger partial charge is 0.145 e. The summed E-state index contributed by atoms with van der Waals surface area (Å²) in [4.78, 5) is 10.2. The van der Waals surface area contributed by atoms with E-state index in [9.17, 15) is 0 Å². The molecule has 0 saturated carbocycles. The van der Waals surface area contributed by atoms with Gasteiger partial charge in [0.1, 0.15) is 34.0 Å². The highest BCUT2D eigenvalue weighted by Gasteiger charge is 2.22. The van der Waals surface area contributed by atoms with Gasteiger partial charge in [-0.15, -0.1) is 0 Å². The van der Waals surface area contributed by atoms with Crippen LogP contribution < -0.4 is 0 Å². The molecule has 0 bridgehead atoms. The minimum atomic E-state index is 0.849. The average molecular weight is 721 g/mol. The fraction of sp³-hybridized carbons (Fsp3) is 0.0400. The molecule has 11 aromatic rings. The summed E-state index contributed by atoms with van der Waals surface area (Å²) in [6, 6.07) is 55.1. The summed E-state index contributed by atoms with van der Waals surface area (Å²) in [7, 11) is 0. The molecule has 56 heavy (non-hydrogen) atoms. The lowest BCUT2D eigenvalue weighted by Crippen LogP contribution is -2.04. The first-order valence-electron chi connectivity index (χ1n) is 19.0. The van der Waals surface area contributed by atoms with Crippen LogP contribution in [-0.4, -0.2) is 19.1 Å². The molecular weight excluding hydrogens is 689 g/mol. The fourth-order valence-corrected chi connectivity index (χ4v) is 8.55. The Balaban J connectivity index is 0.988. The topological polar surface area (TPSA) is 61.9 Å². The molecule has 4 aromatic heterocycles. The molecule has 0 amide bonds. The SMILES string of the molecule is C1=Cc2nc(-c3ccccc3)n(-c3ccc4oc5ccc(-c6ccc7oc8ccc(-n9c(-c%10ccccc%10)nc%10ccccc%109)cc8c7c6)cc5c4c3)c2CC1. The van der Waals surface area contributed by atoms with E-state index >= 15 is 0 Å². The number of rotatable bonds is 5. The normalized spacial score (nSPS) is 12.8. The Morgan fingerprint density at radius 1 is 0.446 bits per heavy atom. The summed E-state index contributed by atoms with van der Waals surface area (Å²) in [6.07, 6.45) is 6.32. The summed E-state index contributed by atoms with van der Waals surface area (Å²) in [5.41, 5.74) is 14.2. The molecule has 1 aliphatic carbocycles. The van der Waals surface area contributed by atoms with Crippen LogP contribution in [-0.2, 0) is 6.42 Å². The quantitative estimate of drug-likeness (QED) is 0.178. The number of nitrogens with zero attached hydrogens (tertiary/aromatic N) is 4. The van der Waals surface area contributed by atoms with Crippen molar-refractivity contribution >= 4 is 61.0 Å². The zero-order chi connectivity index (χ0) is 36.7. The van der Waals surface area contributed by atoms with Gasteiger partial charge in [0.15, 0.2) is 0 Å². The van der Waals surface area contributed by atoms with Gasteiger partial charge in [0.25, 0.3) is 0 Å². The van der Waals surface area contributed by atoms with Gasteiger partial charge in [0, 0.05) is 44.0 Å². The molecule has 6 nitrogen and oxygen atoms in total. The molecule has 0 saturated heterocycles. The molecule has 1 aliphatic rings.